The molecule has 0 bridgehead atoms. The lowest BCUT2D eigenvalue weighted by Crippen LogP contribution is -2.35. The lowest BCUT2D eigenvalue weighted by Gasteiger charge is -2.17. The Kier molecular flexibility index (Phi) is 5.07. The van der Waals surface area contributed by atoms with Crippen molar-refractivity contribution in [1.82, 2.24) is 10.2 Å². The van der Waals surface area contributed by atoms with Gasteiger partial charge in [0.2, 0.25) is 5.91 Å². The van der Waals surface area contributed by atoms with Crippen molar-refractivity contribution in [3.63, 3.8) is 0 Å². The third-order valence-corrected chi connectivity index (χ3v) is 5.01. The minimum atomic E-state index is -0.178. The average molecular weight is 329 g/mol. The van der Waals surface area contributed by atoms with E-state index in [1.165, 1.54) is 0 Å². The smallest absolute Gasteiger partial charge is 0.319 e. The van der Waals surface area contributed by atoms with Gasteiger partial charge in [-0.3, -0.25) is 4.79 Å². The Bertz CT molecular complexity index is 603. The van der Waals surface area contributed by atoms with Gasteiger partial charge in [-0.25, -0.2) is 4.79 Å². The second-order valence-corrected chi connectivity index (χ2v) is 6.84. The third kappa shape index (κ3) is 3.71. The number of benzene rings is 1. The minimum Gasteiger partial charge on any atom is -0.339 e. The third-order valence-electron chi connectivity index (χ3n) is 5.01. The summed E-state index contributed by atoms with van der Waals surface area (Å²) in [6.07, 6.45) is 4.61. The van der Waals surface area contributed by atoms with Crippen molar-refractivity contribution in [2.45, 2.75) is 52.0 Å². The van der Waals surface area contributed by atoms with E-state index >= 15 is 0 Å². The Hall–Kier alpha value is -2.04. The van der Waals surface area contributed by atoms with Crippen LogP contribution in [0.15, 0.2) is 18.2 Å². The van der Waals surface area contributed by atoms with Crippen LogP contribution in [0.25, 0.3) is 0 Å². The number of rotatable bonds is 6. The predicted octanol–water partition coefficient (Wildman–Crippen LogP) is 2.94. The maximum absolute atomic E-state index is 12.3. The van der Waals surface area contributed by atoms with Crippen LogP contribution in [0.2, 0.25) is 0 Å². The molecule has 130 valence electrons. The molecule has 1 aromatic rings. The van der Waals surface area contributed by atoms with Crippen molar-refractivity contribution in [2.24, 2.45) is 5.92 Å². The molecule has 2 fully saturated rings. The molecular weight excluding hydrogens is 302 g/mol. The minimum absolute atomic E-state index is 0.178. The number of amides is 3. The first-order valence-corrected chi connectivity index (χ1v) is 9.07. The molecular formula is C19H27N3O2. The number of nitrogens with zero attached hydrogens (tertiary/aromatic N) is 1. The summed E-state index contributed by atoms with van der Waals surface area (Å²) >= 11 is 0. The number of anilines is 1. The second-order valence-electron chi connectivity index (χ2n) is 6.84. The molecule has 24 heavy (non-hydrogen) atoms. The van der Waals surface area contributed by atoms with Gasteiger partial charge in [-0.2, -0.15) is 0 Å². The Balaban J connectivity index is 1.54. The highest BCUT2D eigenvalue weighted by Gasteiger charge is 2.39. The van der Waals surface area contributed by atoms with Crippen LogP contribution in [0, 0.1) is 5.92 Å². The topological polar surface area (TPSA) is 61.4 Å². The van der Waals surface area contributed by atoms with Gasteiger partial charge in [-0.05, 0) is 36.8 Å². The van der Waals surface area contributed by atoms with E-state index in [0.717, 1.165) is 49.0 Å². The van der Waals surface area contributed by atoms with Crippen LogP contribution >= 0.6 is 0 Å². The molecule has 0 unspecified atom stereocenters. The fourth-order valence-electron chi connectivity index (χ4n) is 3.48. The summed E-state index contributed by atoms with van der Waals surface area (Å²) in [5, 5.41) is 5.96. The zero-order chi connectivity index (χ0) is 17.1. The highest BCUT2D eigenvalue weighted by Crippen LogP contribution is 2.32. The van der Waals surface area contributed by atoms with Crippen molar-refractivity contribution in [3.05, 3.63) is 29.3 Å². The molecule has 1 aliphatic heterocycles. The van der Waals surface area contributed by atoms with Crippen molar-refractivity contribution in [2.75, 3.05) is 18.4 Å². The normalized spacial score (nSPS) is 20.3. The molecule has 1 atom stereocenters. The number of carbonyl (C=O) groups is 2. The Labute approximate surface area is 143 Å². The van der Waals surface area contributed by atoms with Gasteiger partial charge in [-0.15, -0.1) is 0 Å². The van der Waals surface area contributed by atoms with Crippen LogP contribution in [0.3, 0.4) is 0 Å². The van der Waals surface area contributed by atoms with Crippen molar-refractivity contribution >= 4 is 17.6 Å². The Morgan fingerprint density at radius 1 is 1.21 bits per heavy atom. The van der Waals surface area contributed by atoms with Crippen LogP contribution in [-0.2, 0) is 17.6 Å². The summed E-state index contributed by atoms with van der Waals surface area (Å²) in [5.74, 6) is 0.477. The van der Waals surface area contributed by atoms with Gasteiger partial charge < -0.3 is 15.5 Å². The Morgan fingerprint density at radius 2 is 1.88 bits per heavy atom. The molecule has 5 heteroatoms. The average Bonchev–Trinajstić information content (AvgIpc) is 3.36. The standard InChI is InChI=1S/C19H27N3O2/c1-3-14-6-5-7-15(4-2)18(14)21-19(24)20-11-13-10-17(23)22(12-13)16-8-9-16/h5-7,13,16H,3-4,8-12H2,1-2H3,(H2,20,21,24)/t13-/m0/s1. The lowest BCUT2D eigenvalue weighted by atomic mass is 10.0. The molecule has 5 nitrogen and oxygen atoms in total. The second kappa shape index (κ2) is 7.24. The van der Waals surface area contributed by atoms with Gasteiger partial charge in [0.05, 0.1) is 0 Å². The molecule has 1 saturated carbocycles. The van der Waals surface area contributed by atoms with Crippen LogP contribution in [0.5, 0.6) is 0 Å². The maximum Gasteiger partial charge on any atom is 0.319 e. The van der Waals surface area contributed by atoms with Gasteiger partial charge in [-0.1, -0.05) is 32.0 Å². The zero-order valence-electron chi connectivity index (χ0n) is 14.6. The first kappa shape index (κ1) is 16.8. The summed E-state index contributed by atoms with van der Waals surface area (Å²) < 4.78 is 0. The van der Waals surface area contributed by atoms with Gasteiger partial charge in [0, 0.05) is 37.2 Å². The van der Waals surface area contributed by atoms with Crippen LogP contribution in [0.1, 0.15) is 44.2 Å². The molecule has 1 aromatic carbocycles. The fourth-order valence-corrected chi connectivity index (χ4v) is 3.48. The van der Waals surface area contributed by atoms with Crippen molar-refractivity contribution in [1.29, 1.82) is 0 Å². The predicted molar refractivity (Wildman–Crippen MR) is 95.1 cm³/mol. The number of nitrogens with one attached hydrogen (secondary N) is 2. The molecule has 3 rings (SSSR count). The monoisotopic (exact) mass is 329 g/mol. The fraction of sp³-hybridized carbons (Fsp3) is 0.579. The summed E-state index contributed by atoms with van der Waals surface area (Å²) in [7, 11) is 0. The van der Waals surface area contributed by atoms with Crippen LogP contribution < -0.4 is 10.6 Å². The number of carbonyl (C=O) groups excluding carboxylic acids is 2. The van der Waals surface area contributed by atoms with E-state index in [1.807, 2.05) is 11.0 Å². The molecule has 2 N–H and O–H groups in total. The van der Waals surface area contributed by atoms with Crippen molar-refractivity contribution < 1.29 is 9.59 Å². The van der Waals surface area contributed by atoms with Crippen LogP contribution in [0.4, 0.5) is 10.5 Å². The van der Waals surface area contributed by atoms with E-state index in [2.05, 4.69) is 36.6 Å². The van der Waals surface area contributed by atoms with E-state index in [-0.39, 0.29) is 17.9 Å². The van der Waals surface area contributed by atoms with Crippen molar-refractivity contribution in [3.8, 4) is 0 Å². The molecule has 1 saturated heterocycles. The largest absolute Gasteiger partial charge is 0.339 e. The molecule has 1 heterocycles. The maximum atomic E-state index is 12.3. The number of para-hydroxylation sites is 1. The van der Waals surface area contributed by atoms with E-state index < -0.39 is 0 Å². The number of hydrogen-bond donors (Lipinski definition) is 2. The highest BCUT2D eigenvalue weighted by molar-refractivity contribution is 5.91. The van der Waals surface area contributed by atoms with Gasteiger partial charge >= 0.3 is 6.03 Å². The van der Waals surface area contributed by atoms with E-state index in [4.69, 9.17) is 0 Å². The zero-order valence-corrected chi connectivity index (χ0v) is 14.6. The first-order chi connectivity index (χ1) is 11.6. The summed E-state index contributed by atoms with van der Waals surface area (Å²) in [6, 6.07) is 6.44. The molecule has 1 aliphatic carbocycles. The summed E-state index contributed by atoms with van der Waals surface area (Å²) in [4.78, 5) is 26.3. The lowest BCUT2D eigenvalue weighted by molar-refractivity contribution is -0.128. The molecule has 0 aromatic heterocycles. The summed E-state index contributed by atoms with van der Waals surface area (Å²) in [5.41, 5.74) is 3.24. The number of likely N-dealkylation sites (tertiary alicyclic amines) is 1. The number of aryl methyl sites for hydroxylation is 2. The summed E-state index contributed by atoms with van der Waals surface area (Å²) in [6.45, 7) is 5.52. The van der Waals surface area contributed by atoms with Gasteiger partial charge in [0.25, 0.3) is 0 Å². The van der Waals surface area contributed by atoms with Crippen LogP contribution in [-0.4, -0.2) is 36.0 Å². The van der Waals surface area contributed by atoms with E-state index in [9.17, 15) is 9.59 Å². The molecule has 0 radical (unpaired) electrons. The SMILES string of the molecule is CCc1cccc(CC)c1NC(=O)NC[C@@H]1CC(=O)N(C2CC2)C1. The molecule has 3 amide bonds. The molecule has 2 aliphatic rings. The number of urea groups is 1. The van der Waals surface area contributed by atoms with E-state index in [0.29, 0.717) is 19.0 Å². The highest BCUT2D eigenvalue weighted by atomic mass is 16.2. The van der Waals surface area contributed by atoms with Gasteiger partial charge in [0.15, 0.2) is 0 Å². The van der Waals surface area contributed by atoms with E-state index in [1.54, 1.807) is 0 Å². The Morgan fingerprint density at radius 3 is 2.46 bits per heavy atom. The van der Waals surface area contributed by atoms with Gasteiger partial charge in [0.1, 0.15) is 0 Å². The quantitative estimate of drug-likeness (QED) is 0.843. The molecule has 0 spiro atoms. The number of hydrogen-bond acceptors (Lipinski definition) is 2. The first-order valence-electron chi connectivity index (χ1n) is 9.07.